The highest BCUT2D eigenvalue weighted by atomic mass is 32.1. The molecule has 2 rings (SSSR count). The predicted molar refractivity (Wildman–Crippen MR) is 214 cm³/mol. The molecule has 7 atom stereocenters. The van der Waals surface area contributed by atoms with E-state index in [9.17, 15) is 20.2 Å². The third-order valence-electron chi connectivity index (χ3n) is 12.0. The molecule has 1 fully saturated rings. The third kappa shape index (κ3) is 12.1. The second-order valence-electron chi connectivity index (χ2n) is 15.4. The average Bonchev–Trinajstić information content (AvgIpc) is 3.53. The van der Waals surface area contributed by atoms with Crippen LogP contribution >= 0.6 is 11.3 Å². The number of nitrogens with zero attached hydrogens (tertiary/aromatic N) is 4. The van der Waals surface area contributed by atoms with Crippen LogP contribution in [0.5, 0.6) is 0 Å². The molecule has 0 saturated carbocycles. The van der Waals surface area contributed by atoms with Gasteiger partial charge in [0.25, 0.3) is 0 Å². The highest BCUT2D eigenvalue weighted by Gasteiger charge is 2.48. The Hall–Kier alpha value is -1.87. The summed E-state index contributed by atoms with van der Waals surface area (Å²) in [6.07, 6.45) is 0.938. The number of aliphatic hydroxyl groups is 1. The van der Waals surface area contributed by atoms with Crippen LogP contribution < -0.4 is 0 Å². The number of hydrogen-bond donors (Lipinski definition) is 1. The minimum Gasteiger partial charge on any atom is -0.458 e. The highest BCUT2D eigenvalue weighted by Crippen LogP contribution is 2.40. The fourth-order valence-electron chi connectivity index (χ4n) is 7.67. The summed E-state index contributed by atoms with van der Waals surface area (Å²) in [5.41, 5.74) is 10.00. The van der Waals surface area contributed by atoms with Gasteiger partial charge in [0.2, 0.25) is 0 Å². The molecule has 10 nitrogen and oxygen atoms in total. The standard InChI is InChI=1S/C38H68N4O6SSi2/c1-13-50(14-2,15-3)47-34-24-35(44)46-33(27(8)22-30-25-49-29(10)40-30)23-31(41-42-39)32(43)21-19-20-26(7)36(28(9)37(45)38(34,11)12)48-51(16-4,17-5)18-6/h22,25-26,28,31-34,36,43H,13-21,23-24H2,1-12H3/b27-22+/t26?,28-,31+,32-,33?,34+,36+/m1/s1. The summed E-state index contributed by atoms with van der Waals surface area (Å²) in [6, 6.07) is 4.69. The summed E-state index contributed by atoms with van der Waals surface area (Å²) in [5.74, 6) is -0.864. The fraction of sp³-hybridized carbons (Fsp3) is 0.816. The zero-order valence-corrected chi connectivity index (χ0v) is 36.5. The summed E-state index contributed by atoms with van der Waals surface area (Å²) < 4.78 is 20.5. The van der Waals surface area contributed by atoms with Gasteiger partial charge < -0.3 is 18.7 Å². The summed E-state index contributed by atoms with van der Waals surface area (Å²) in [7, 11) is -4.41. The molecule has 1 N–H and O–H groups in total. The molecule has 1 aromatic rings. The number of aryl methyl sites for hydroxylation is 1. The van der Waals surface area contributed by atoms with Gasteiger partial charge in [-0.2, -0.15) is 0 Å². The van der Waals surface area contributed by atoms with Gasteiger partial charge in [-0.3, -0.25) is 9.59 Å². The number of cyclic esters (lactones) is 1. The van der Waals surface area contributed by atoms with Crippen molar-refractivity contribution in [2.75, 3.05) is 0 Å². The molecule has 0 aromatic carbocycles. The number of hydrogen-bond acceptors (Lipinski definition) is 9. The Balaban J connectivity index is 2.74. The van der Waals surface area contributed by atoms with Crippen LogP contribution in [-0.4, -0.2) is 68.9 Å². The maximum absolute atomic E-state index is 14.9. The fourth-order valence-corrected chi connectivity index (χ4v) is 14.2. The lowest BCUT2D eigenvalue weighted by Gasteiger charge is -2.44. The molecule has 0 aliphatic carbocycles. The minimum absolute atomic E-state index is 0.0357. The molecule has 1 aromatic heterocycles. The number of carbonyl (C=O) groups excluding carboxylic acids is 2. The van der Waals surface area contributed by atoms with E-state index < -0.39 is 58.3 Å². The van der Waals surface area contributed by atoms with E-state index >= 15 is 0 Å². The van der Waals surface area contributed by atoms with E-state index in [0.29, 0.717) is 12.8 Å². The van der Waals surface area contributed by atoms with Gasteiger partial charge in [-0.05, 0) is 92.5 Å². The number of azide groups is 1. The molecule has 0 radical (unpaired) electrons. The third-order valence-corrected chi connectivity index (χ3v) is 22.0. The maximum atomic E-state index is 14.9. The van der Waals surface area contributed by atoms with Crippen molar-refractivity contribution in [2.45, 2.75) is 182 Å². The molecule has 290 valence electrons. The SMILES string of the molecule is CC[Si](CC)(CC)O[C@H]1CC(=O)OC(/C(C)=C/c2csc(C)n2)C[C@H](N=[N+]=[N-])[C@H](O)CCCC(C)[C@H](O[Si](CC)(CC)CC)[C@@H](C)C(=O)C1(C)C. The first-order chi connectivity index (χ1) is 24.0. The molecular formula is C38H68N4O6SSi2. The first kappa shape index (κ1) is 45.3. The Morgan fingerprint density at radius 2 is 1.63 bits per heavy atom. The number of ether oxygens (including phenoxy) is 1. The summed E-state index contributed by atoms with van der Waals surface area (Å²) in [5, 5.41) is 18.3. The molecular weight excluding hydrogens is 697 g/mol. The molecule has 0 amide bonds. The molecule has 13 heteroatoms. The van der Waals surface area contributed by atoms with Crippen LogP contribution in [-0.2, 0) is 23.2 Å². The van der Waals surface area contributed by atoms with Crippen molar-refractivity contribution in [3.63, 3.8) is 0 Å². The van der Waals surface area contributed by atoms with Crippen molar-refractivity contribution in [3.8, 4) is 0 Å². The van der Waals surface area contributed by atoms with Crippen molar-refractivity contribution < 1.29 is 28.3 Å². The van der Waals surface area contributed by atoms with Crippen LogP contribution in [0.3, 0.4) is 0 Å². The molecule has 1 aliphatic heterocycles. The summed E-state index contributed by atoms with van der Waals surface area (Å²) in [4.78, 5) is 36.7. The Labute approximate surface area is 314 Å². The van der Waals surface area contributed by atoms with Gasteiger partial charge in [0.05, 0.1) is 41.5 Å². The van der Waals surface area contributed by atoms with E-state index in [1.165, 1.54) is 11.3 Å². The van der Waals surface area contributed by atoms with Crippen LogP contribution in [0.4, 0.5) is 0 Å². The van der Waals surface area contributed by atoms with E-state index in [0.717, 1.165) is 59.0 Å². The number of Topliss-reactive ketones (excluding diaryl/α,β-unsaturated/α-hetero) is 1. The summed E-state index contributed by atoms with van der Waals surface area (Å²) in [6.45, 7) is 24.8. The van der Waals surface area contributed by atoms with Crippen molar-refractivity contribution in [1.82, 2.24) is 4.98 Å². The minimum atomic E-state index is -2.29. The Kier molecular flexibility index (Phi) is 18.3. The molecule has 1 aliphatic rings. The molecule has 2 unspecified atom stereocenters. The normalized spacial score (nSPS) is 27.9. The topological polar surface area (TPSA) is 144 Å². The maximum Gasteiger partial charge on any atom is 0.309 e. The van der Waals surface area contributed by atoms with E-state index in [4.69, 9.17) is 13.6 Å². The van der Waals surface area contributed by atoms with E-state index in [1.807, 2.05) is 46.1 Å². The van der Waals surface area contributed by atoms with Gasteiger partial charge in [-0.1, -0.05) is 80.8 Å². The van der Waals surface area contributed by atoms with Gasteiger partial charge >= 0.3 is 5.97 Å². The van der Waals surface area contributed by atoms with Crippen LogP contribution in [0, 0.1) is 24.2 Å². The zero-order chi connectivity index (χ0) is 38.6. The zero-order valence-electron chi connectivity index (χ0n) is 33.7. The number of carbonyl (C=O) groups is 2. The molecule has 0 bridgehead atoms. The lowest BCUT2D eigenvalue weighted by atomic mass is 9.73. The Bertz CT molecular complexity index is 1320. The monoisotopic (exact) mass is 764 g/mol. The van der Waals surface area contributed by atoms with Crippen molar-refractivity contribution >= 4 is 45.8 Å². The number of thiazole rings is 1. The van der Waals surface area contributed by atoms with Crippen molar-refractivity contribution in [1.29, 1.82) is 0 Å². The van der Waals surface area contributed by atoms with E-state index in [1.54, 1.807) is 0 Å². The number of ketones is 1. The van der Waals surface area contributed by atoms with Crippen LogP contribution in [0.1, 0.15) is 119 Å². The quantitative estimate of drug-likeness (QED) is 0.0692. The largest absolute Gasteiger partial charge is 0.458 e. The number of rotatable bonds is 13. The number of aliphatic hydroxyl groups excluding tert-OH is 1. The van der Waals surface area contributed by atoms with Gasteiger partial charge in [-0.15, -0.1) is 11.3 Å². The van der Waals surface area contributed by atoms with Gasteiger partial charge in [0, 0.05) is 21.6 Å². The highest BCUT2D eigenvalue weighted by molar-refractivity contribution is 7.09. The molecule has 1 saturated heterocycles. The van der Waals surface area contributed by atoms with Gasteiger partial charge in [0.1, 0.15) is 11.9 Å². The molecule has 51 heavy (non-hydrogen) atoms. The Morgan fingerprint density at radius 1 is 1.06 bits per heavy atom. The molecule has 2 heterocycles. The second kappa shape index (κ2) is 20.6. The first-order valence-electron chi connectivity index (χ1n) is 19.4. The molecule has 0 spiro atoms. The number of aromatic nitrogens is 1. The van der Waals surface area contributed by atoms with Crippen LogP contribution in [0.15, 0.2) is 16.1 Å². The Morgan fingerprint density at radius 3 is 2.14 bits per heavy atom. The van der Waals surface area contributed by atoms with E-state index in [2.05, 4.69) is 63.5 Å². The smallest absolute Gasteiger partial charge is 0.309 e. The van der Waals surface area contributed by atoms with Gasteiger partial charge in [-0.25, -0.2) is 4.98 Å². The van der Waals surface area contributed by atoms with Crippen LogP contribution in [0.2, 0.25) is 36.3 Å². The average molecular weight is 765 g/mol. The lowest BCUT2D eigenvalue weighted by molar-refractivity contribution is -0.154. The first-order valence-corrected chi connectivity index (χ1v) is 25.4. The van der Waals surface area contributed by atoms with Gasteiger partial charge in [0.15, 0.2) is 16.6 Å². The summed E-state index contributed by atoms with van der Waals surface area (Å²) >= 11 is 1.53. The number of esters is 1. The van der Waals surface area contributed by atoms with E-state index in [-0.39, 0.29) is 30.6 Å². The van der Waals surface area contributed by atoms with Crippen molar-refractivity contribution in [3.05, 3.63) is 32.1 Å². The predicted octanol–water partition coefficient (Wildman–Crippen LogP) is 10.4. The second-order valence-corrected chi connectivity index (χ2v) is 25.9. The van der Waals surface area contributed by atoms with Crippen molar-refractivity contribution in [2.24, 2.45) is 22.4 Å². The van der Waals surface area contributed by atoms with Crippen LogP contribution in [0.25, 0.3) is 16.5 Å². The lowest BCUT2D eigenvalue weighted by Crippen LogP contribution is -2.53.